The summed E-state index contributed by atoms with van der Waals surface area (Å²) in [6.07, 6.45) is 5.13. The summed E-state index contributed by atoms with van der Waals surface area (Å²) in [6.45, 7) is 1.01. The summed E-state index contributed by atoms with van der Waals surface area (Å²) >= 11 is 0. The number of nitrogens with one attached hydrogen (secondary N) is 3. The minimum absolute atomic E-state index is 0.219. The predicted octanol–water partition coefficient (Wildman–Crippen LogP) is 0.320. The first kappa shape index (κ1) is 11.1. The third kappa shape index (κ3) is 5.32. The molecule has 1 aliphatic rings. The molecule has 0 radical (unpaired) electrons. The van der Waals surface area contributed by atoms with E-state index in [0.29, 0.717) is 12.5 Å². The molecule has 0 bridgehead atoms. The standard InChI is InChI=1S/C8H18N3OP/c12-8(13)4-2-1-3-7-5-6-9-11-10-7/h7,9-11H,1-6,13H2. The van der Waals surface area contributed by atoms with E-state index in [-0.39, 0.29) is 5.52 Å². The fraction of sp³-hybridized carbons (Fsp3) is 0.875. The molecule has 0 amide bonds. The van der Waals surface area contributed by atoms with E-state index in [1.54, 1.807) is 0 Å². The van der Waals surface area contributed by atoms with Crippen molar-refractivity contribution in [3.05, 3.63) is 0 Å². The monoisotopic (exact) mass is 203 g/mol. The van der Waals surface area contributed by atoms with Crippen molar-refractivity contribution in [2.24, 2.45) is 0 Å². The van der Waals surface area contributed by atoms with Gasteiger partial charge in [-0.15, -0.1) is 0 Å². The second kappa shape index (κ2) is 6.44. The highest BCUT2D eigenvalue weighted by Gasteiger charge is 2.10. The molecular formula is C8H18N3OP. The Balaban J connectivity index is 1.95. The Hall–Kier alpha value is -0.0200. The second-order valence-corrected chi connectivity index (χ2v) is 4.04. The Kier molecular flexibility index (Phi) is 5.47. The van der Waals surface area contributed by atoms with E-state index in [0.717, 1.165) is 32.2 Å². The number of hydrazine groups is 2. The largest absolute Gasteiger partial charge is 0.295 e. The number of hydrogen-bond acceptors (Lipinski definition) is 4. The van der Waals surface area contributed by atoms with Crippen molar-refractivity contribution in [1.82, 2.24) is 16.4 Å². The van der Waals surface area contributed by atoms with Crippen LogP contribution in [0.4, 0.5) is 0 Å². The van der Waals surface area contributed by atoms with Crippen LogP contribution in [0.3, 0.4) is 0 Å². The van der Waals surface area contributed by atoms with Crippen molar-refractivity contribution >= 4 is 14.8 Å². The van der Waals surface area contributed by atoms with E-state index in [1.165, 1.54) is 0 Å². The Bertz CT molecular complexity index is 159. The molecule has 1 aliphatic heterocycles. The first-order valence-corrected chi connectivity index (χ1v) is 5.38. The van der Waals surface area contributed by atoms with Crippen molar-refractivity contribution in [3.63, 3.8) is 0 Å². The topological polar surface area (TPSA) is 53.2 Å². The van der Waals surface area contributed by atoms with Crippen LogP contribution in [0.15, 0.2) is 0 Å². The lowest BCUT2D eigenvalue weighted by atomic mass is 10.1. The van der Waals surface area contributed by atoms with Crippen LogP contribution < -0.4 is 16.4 Å². The number of rotatable bonds is 5. The molecular weight excluding hydrogens is 185 g/mol. The molecule has 1 rings (SSSR count). The molecule has 1 fully saturated rings. The van der Waals surface area contributed by atoms with Crippen molar-refractivity contribution in [1.29, 1.82) is 0 Å². The molecule has 4 nitrogen and oxygen atoms in total. The zero-order valence-corrected chi connectivity index (χ0v) is 8.96. The lowest BCUT2D eigenvalue weighted by Gasteiger charge is -2.24. The maximum atomic E-state index is 10.6. The van der Waals surface area contributed by atoms with E-state index in [9.17, 15) is 4.79 Å². The summed E-state index contributed by atoms with van der Waals surface area (Å²) < 4.78 is 0. The third-order valence-corrected chi connectivity index (χ3v) is 2.50. The molecule has 0 aliphatic carbocycles. The average molecular weight is 203 g/mol. The SMILES string of the molecule is O=C(P)CCCCC1CCNNN1. The van der Waals surface area contributed by atoms with Gasteiger partial charge < -0.3 is 0 Å². The number of hydrogen-bond donors (Lipinski definition) is 3. The summed E-state index contributed by atoms with van der Waals surface area (Å²) in [7, 11) is 2.22. The zero-order chi connectivity index (χ0) is 9.52. The van der Waals surface area contributed by atoms with Crippen LogP contribution in [0.25, 0.3) is 0 Å². The van der Waals surface area contributed by atoms with Crippen molar-refractivity contribution in [2.75, 3.05) is 6.54 Å². The molecule has 1 saturated heterocycles. The average Bonchev–Trinajstić information content (AvgIpc) is 2.14. The highest BCUT2D eigenvalue weighted by molar-refractivity contribution is 7.40. The van der Waals surface area contributed by atoms with Gasteiger partial charge >= 0.3 is 0 Å². The van der Waals surface area contributed by atoms with E-state index < -0.39 is 0 Å². The van der Waals surface area contributed by atoms with Gasteiger partial charge in [0.1, 0.15) is 5.52 Å². The highest BCUT2D eigenvalue weighted by atomic mass is 31.0. The molecule has 1 heterocycles. The summed E-state index contributed by atoms with van der Waals surface area (Å²) in [4.78, 5) is 10.6. The molecule has 5 heteroatoms. The maximum absolute atomic E-state index is 10.6. The van der Waals surface area contributed by atoms with Gasteiger partial charge in [0, 0.05) is 19.0 Å². The Morgan fingerprint density at radius 2 is 2.31 bits per heavy atom. The van der Waals surface area contributed by atoms with Gasteiger partial charge in [0.2, 0.25) is 0 Å². The van der Waals surface area contributed by atoms with Crippen molar-refractivity contribution in [3.8, 4) is 0 Å². The summed E-state index contributed by atoms with van der Waals surface area (Å²) in [5, 5.41) is 0. The van der Waals surface area contributed by atoms with Crippen molar-refractivity contribution < 1.29 is 4.79 Å². The van der Waals surface area contributed by atoms with E-state index in [1.807, 2.05) is 0 Å². The van der Waals surface area contributed by atoms with Crippen LogP contribution in [-0.4, -0.2) is 18.1 Å². The second-order valence-electron chi connectivity index (χ2n) is 3.39. The molecule has 2 atom stereocenters. The molecule has 2 unspecified atom stereocenters. The smallest absolute Gasteiger partial charge is 0.148 e. The van der Waals surface area contributed by atoms with Gasteiger partial charge in [0.25, 0.3) is 0 Å². The summed E-state index contributed by atoms with van der Waals surface area (Å²) in [6, 6.07) is 0.556. The Labute approximate surface area is 81.4 Å². The molecule has 0 saturated carbocycles. The molecule has 76 valence electrons. The van der Waals surface area contributed by atoms with Crippen LogP contribution in [0.1, 0.15) is 32.1 Å². The van der Waals surface area contributed by atoms with Gasteiger partial charge in [-0.05, 0) is 19.3 Å². The van der Waals surface area contributed by atoms with Crippen LogP contribution in [0.2, 0.25) is 0 Å². The highest BCUT2D eigenvalue weighted by Crippen LogP contribution is 2.08. The predicted molar refractivity (Wildman–Crippen MR) is 55.9 cm³/mol. The van der Waals surface area contributed by atoms with Crippen LogP contribution in [-0.2, 0) is 4.79 Å². The van der Waals surface area contributed by atoms with Crippen LogP contribution >= 0.6 is 9.24 Å². The third-order valence-electron chi connectivity index (χ3n) is 2.21. The maximum Gasteiger partial charge on any atom is 0.148 e. The molecule has 13 heavy (non-hydrogen) atoms. The first-order chi connectivity index (χ1) is 6.29. The van der Waals surface area contributed by atoms with Gasteiger partial charge in [-0.3, -0.25) is 4.79 Å². The number of unbranched alkanes of at least 4 members (excludes halogenated alkanes) is 1. The Morgan fingerprint density at radius 3 is 2.92 bits per heavy atom. The van der Waals surface area contributed by atoms with E-state index >= 15 is 0 Å². The normalized spacial score (nSPS) is 23.0. The summed E-state index contributed by atoms with van der Waals surface area (Å²) in [5.74, 6) is 0. The lowest BCUT2D eigenvalue weighted by molar-refractivity contribution is -0.111. The van der Waals surface area contributed by atoms with Crippen LogP contribution in [0, 0.1) is 0 Å². The van der Waals surface area contributed by atoms with Gasteiger partial charge in [0.05, 0.1) is 0 Å². The molecule has 3 N–H and O–H groups in total. The molecule has 0 aromatic heterocycles. The number of carbonyl (C=O) groups excluding carboxylic acids is 1. The zero-order valence-electron chi connectivity index (χ0n) is 7.81. The van der Waals surface area contributed by atoms with Gasteiger partial charge in [-0.25, -0.2) is 10.9 Å². The fourth-order valence-electron chi connectivity index (χ4n) is 1.44. The van der Waals surface area contributed by atoms with Crippen LogP contribution in [0.5, 0.6) is 0 Å². The minimum Gasteiger partial charge on any atom is -0.295 e. The van der Waals surface area contributed by atoms with Crippen molar-refractivity contribution in [2.45, 2.75) is 38.1 Å². The van der Waals surface area contributed by atoms with Gasteiger partial charge in [-0.1, -0.05) is 15.7 Å². The number of carbonyl (C=O) groups is 1. The first-order valence-electron chi connectivity index (χ1n) is 4.81. The molecule has 0 aromatic carbocycles. The van der Waals surface area contributed by atoms with E-state index in [2.05, 4.69) is 25.6 Å². The quantitative estimate of drug-likeness (QED) is 0.445. The fourth-order valence-corrected chi connectivity index (χ4v) is 1.64. The van der Waals surface area contributed by atoms with Gasteiger partial charge in [0.15, 0.2) is 0 Å². The molecule has 0 spiro atoms. The molecule has 0 aromatic rings. The minimum atomic E-state index is 0.219. The van der Waals surface area contributed by atoms with E-state index in [4.69, 9.17) is 0 Å². The Morgan fingerprint density at radius 1 is 1.46 bits per heavy atom. The van der Waals surface area contributed by atoms with Gasteiger partial charge in [-0.2, -0.15) is 5.53 Å². The lowest BCUT2D eigenvalue weighted by Crippen LogP contribution is -2.54. The summed E-state index contributed by atoms with van der Waals surface area (Å²) in [5.41, 5.74) is 9.29.